The molecular weight excluding hydrogens is 394 g/mol. The SMILES string of the molecule is CCCCCC[C@@](O)(c1ccc(OCC)cc1)[C@H](CN1CCCCCC1)c1ccccc1. The van der Waals surface area contributed by atoms with Crippen molar-refractivity contribution in [1.29, 1.82) is 0 Å². The molecule has 0 saturated carbocycles. The molecule has 2 aromatic carbocycles. The number of hydrogen-bond donors (Lipinski definition) is 1. The fourth-order valence-corrected chi connectivity index (χ4v) is 5.14. The van der Waals surface area contributed by atoms with Crippen LogP contribution in [0.2, 0.25) is 0 Å². The lowest BCUT2D eigenvalue weighted by Crippen LogP contribution is -2.41. The number of ether oxygens (including phenoxy) is 1. The molecule has 0 spiro atoms. The highest BCUT2D eigenvalue weighted by molar-refractivity contribution is 5.35. The van der Waals surface area contributed by atoms with E-state index in [1.807, 2.05) is 19.1 Å². The van der Waals surface area contributed by atoms with Crippen molar-refractivity contribution in [1.82, 2.24) is 4.90 Å². The summed E-state index contributed by atoms with van der Waals surface area (Å²) in [4.78, 5) is 2.59. The highest BCUT2D eigenvalue weighted by Gasteiger charge is 2.40. The van der Waals surface area contributed by atoms with Crippen LogP contribution in [0.4, 0.5) is 0 Å². The molecule has 2 aromatic rings. The van der Waals surface area contributed by atoms with Crippen LogP contribution < -0.4 is 4.74 Å². The lowest BCUT2D eigenvalue weighted by Gasteiger charge is -2.40. The maximum absolute atomic E-state index is 12.4. The number of benzene rings is 2. The highest BCUT2D eigenvalue weighted by Crippen LogP contribution is 2.42. The van der Waals surface area contributed by atoms with E-state index >= 15 is 0 Å². The minimum absolute atomic E-state index is 0.0429. The predicted molar refractivity (Wildman–Crippen MR) is 134 cm³/mol. The smallest absolute Gasteiger partial charge is 0.119 e. The molecule has 1 aliphatic rings. The van der Waals surface area contributed by atoms with Crippen LogP contribution in [0.3, 0.4) is 0 Å². The molecule has 1 aliphatic heterocycles. The van der Waals surface area contributed by atoms with E-state index in [2.05, 4.69) is 54.3 Å². The second-order valence-electron chi connectivity index (χ2n) is 9.37. The van der Waals surface area contributed by atoms with Gasteiger partial charge in [-0.25, -0.2) is 0 Å². The van der Waals surface area contributed by atoms with Gasteiger partial charge in [0.25, 0.3) is 0 Å². The van der Waals surface area contributed by atoms with Crippen LogP contribution in [0.15, 0.2) is 54.6 Å². The number of aliphatic hydroxyl groups is 1. The van der Waals surface area contributed by atoms with E-state index in [0.717, 1.165) is 43.8 Å². The third-order valence-corrected chi connectivity index (χ3v) is 6.99. The first-order valence-corrected chi connectivity index (χ1v) is 12.9. The van der Waals surface area contributed by atoms with Crippen LogP contribution in [0, 0.1) is 0 Å². The molecule has 176 valence electrons. The standard InChI is InChI=1S/C29H43NO2/c1-3-5-6-12-21-29(31,26-17-19-27(20-18-26)32-4-2)28(25-15-10-9-11-16-25)24-30-22-13-7-8-14-23-30/h9-11,15-20,28,31H,3-8,12-14,21-24H2,1-2H3/t28-,29-/m1/s1. The van der Waals surface area contributed by atoms with E-state index in [1.165, 1.54) is 50.5 Å². The topological polar surface area (TPSA) is 32.7 Å². The lowest BCUT2D eigenvalue weighted by molar-refractivity contribution is -0.0150. The summed E-state index contributed by atoms with van der Waals surface area (Å²) >= 11 is 0. The maximum atomic E-state index is 12.4. The van der Waals surface area contributed by atoms with Crippen LogP contribution in [0.5, 0.6) is 5.75 Å². The Morgan fingerprint density at radius 1 is 0.875 bits per heavy atom. The second-order valence-corrected chi connectivity index (χ2v) is 9.37. The van der Waals surface area contributed by atoms with Crippen LogP contribution in [0.25, 0.3) is 0 Å². The van der Waals surface area contributed by atoms with Crippen molar-refractivity contribution in [2.75, 3.05) is 26.2 Å². The summed E-state index contributed by atoms with van der Waals surface area (Å²) < 4.78 is 5.68. The molecule has 32 heavy (non-hydrogen) atoms. The normalized spacial score (nSPS) is 18.0. The van der Waals surface area contributed by atoms with Crippen molar-refractivity contribution in [2.45, 2.75) is 83.2 Å². The molecule has 3 rings (SSSR count). The van der Waals surface area contributed by atoms with Gasteiger partial charge in [-0.2, -0.15) is 0 Å². The molecule has 0 unspecified atom stereocenters. The number of nitrogens with zero attached hydrogens (tertiary/aromatic N) is 1. The summed E-state index contributed by atoms with van der Waals surface area (Å²) in [7, 11) is 0. The number of rotatable bonds is 12. The minimum atomic E-state index is -0.897. The molecule has 0 aliphatic carbocycles. The monoisotopic (exact) mass is 437 g/mol. The quantitative estimate of drug-likeness (QED) is 0.366. The molecule has 1 saturated heterocycles. The maximum Gasteiger partial charge on any atom is 0.119 e. The van der Waals surface area contributed by atoms with Gasteiger partial charge in [0, 0.05) is 12.5 Å². The predicted octanol–water partition coefficient (Wildman–Crippen LogP) is 6.90. The zero-order valence-electron chi connectivity index (χ0n) is 20.3. The average molecular weight is 438 g/mol. The zero-order chi connectivity index (χ0) is 22.7. The van der Waals surface area contributed by atoms with E-state index in [-0.39, 0.29) is 5.92 Å². The van der Waals surface area contributed by atoms with Gasteiger partial charge in [-0.3, -0.25) is 0 Å². The van der Waals surface area contributed by atoms with Gasteiger partial charge in [0.05, 0.1) is 12.2 Å². The van der Waals surface area contributed by atoms with Gasteiger partial charge in [0.1, 0.15) is 5.75 Å². The van der Waals surface area contributed by atoms with Crippen molar-refractivity contribution in [3.05, 3.63) is 65.7 Å². The van der Waals surface area contributed by atoms with Crippen molar-refractivity contribution >= 4 is 0 Å². The van der Waals surface area contributed by atoms with Crippen LogP contribution >= 0.6 is 0 Å². The highest BCUT2D eigenvalue weighted by atomic mass is 16.5. The van der Waals surface area contributed by atoms with Crippen molar-refractivity contribution < 1.29 is 9.84 Å². The Hall–Kier alpha value is -1.84. The van der Waals surface area contributed by atoms with E-state index in [0.29, 0.717) is 6.61 Å². The molecule has 0 radical (unpaired) electrons. The molecule has 2 atom stereocenters. The Morgan fingerprint density at radius 3 is 2.19 bits per heavy atom. The zero-order valence-corrected chi connectivity index (χ0v) is 20.3. The molecule has 0 amide bonds. The van der Waals surface area contributed by atoms with Gasteiger partial charge in [-0.15, -0.1) is 0 Å². The van der Waals surface area contributed by atoms with Crippen LogP contribution in [-0.4, -0.2) is 36.2 Å². The first-order chi connectivity index (χ1) is 15.7. The Kier molecular flexibility index (Phi) is 10.1. The Morgan fingerprint density at radius 2 is 1.56 bits per heavy atom. The third-order valence-electron chi connectivity index (χ3n) is 6.99. The van der Waals surface area contributed by atoms with E-state index in [9.17, 15) is 5.11 Å². The lowest BCUT2D eigenvalue weighted by atomic mass is 9.74. The number of likely N-dealkylation sites (tertiary alicyclic amines) is 1. The number of hydrogen-bond acceptors (Lipinski definition) is 3. The van der Waals surface area contributed by atoms with Crippen molar-refractivity contribution in [3.63, 3.8) is 0 Å². The van der Waals surface area contributed by atoms with E-state index in [1.54, 1.807) is 0 Å². The molecule has 0 aromatic heterocycles. The minimum Gasteiger partial charge on any atom is -0.494 e. The Labute approximate surface area is 195 Å². The van der Waals surface area contributed by atoms with Crippen molar-refractivity contribution in [2.24, 2.45) is 0 Å². The van der Waals surface area contributed by atoms with Gasteiger partial charge in [-0.1, -0.05) is 87.9 Å². The summed E-state index contributed by atoms with van der Waals surface area (Å²) in [6.07, 6.45) is 10.6. The average Bonchev–Trinajstić information content (AvgIpc) is 3.10. The molecule has 3 heteroatoms. The largest absolute Gasteiger partial charge is 0.494 e. The molecule has 0 bridgehead atoms. The molecular formula is C29H43NO2. The first kappa shape index (κ1) is 24.8. The van der Waals surface area contributed by atoms with Crippen LogP contribution in [0.1, 0.15) is 88.7 Å². The summed E-state index contributed by atoms with van der Waals surface area (Å²) in [5, 5.41) is 12.4. The fourth-order valence-electron chi connectivity index (χ4n) is 5.14. The molecule has 1 heterocycles. The van der Waals surface area contributed by atoms with E-state index < -0.39 is 5.60 Å². The Balaban J connectivity index is 1.94. The molecule has 1 fully saturated rings. The second kappa shape index (κ2) is 13.0. The van der Waals surface area contributed by atoms with Gasteiger partial charge in [0.2, 0.25) is 0 Å². The first-order valence-electron chi connectivity index (χ1n) is 12.9. The summed E-state index contributed by atoms with van der Waals surface area (Å²) in [5.41, 5.74) is 1.36. The number of unbranched alkanes of at least 4 members (excludes halogenated alkanes) is 3. The summed E-state index contributed by atoms with van der Waals surface area (Å²) in [6.45, 7) is 8.08. The van der Waals surface area contributed by atoms with Gasteiger partial charge in [-0.05, 0) is 62.5 Å². The molecule has 3 nitrogen and oxygen atoms in total. The van der Waals surface area contributed by atoms with Gasteiger partial charge < -0.3 is 14.7 Å². The van der Waals surface area contributed by atoms with Gasteiger partial charge >= 0.3 is 0 Å². The molecule has 1 N–H and O–H groups in total. The third kappa shape index (κ3) is 6.83. The van der Waals surface area contributed by atoms with Crippen molar-refractivity contribution in [3.8, 4) is 5.75 Å². The summed E-state index contributed by atoms with van der Waals surface area (Å²) in [5.74, 6) is 0.912. The van der Waals surface area contributed by atoms with Crippen LogP contribution in [-0.2, 0) is 5.60 Å². The van der Waals surface area contributed by atoms with E-state index in [4.69, 9.17) is 4.74 Å². The summed E-state index contributed by atoms with van der Waals surface area (Å²) in [6, 6.07) is 18.9. The fraction of sp³-hybridized carbons (Fsp3) is 0.586. The van der Waals surface area contributed by atoms with Gasteiger partial charge in [0.15, 0.2) is 0 Å². The Bertz CT molecular complexity index is 752.